The lowest BCUT2D eigenvalue weighted by Gasteiger charge is -2.36. The van der Waals surface area contributed by atoms with Gasteiger partial charge >= 0.3 is 6.09 Å². The third kappa shape index (κ3) is 3.01. The molecule has 4 heteroatoms. The maximum atomic E-state index is 12.6. The van der Waals surface area contributed by atoms with Crippen LogP contribution < -0.4 is 0 Å². The van der Waals surface area contributed by atoms with Crippen LogP contribution in [-0.2, 0) is 9.53 Å². The Morgan fingerprint density at radius 3 is 2.67 bits per heavy atom. The molecule has 0 heterocycles. The van der Waals surface area contributed by atoms with Crippen LogP contribution in [0.5, 0.6) is 0 Å². The average Bonchev–Trinajstić information content (AvgIpc) is 2.63. The first-order chi connectivity index (χ1) is 11.6. The second-order valence-electron chi connectivity index (χ2n) is 6.41. The summed E-state index contributed by atoms with van der Waals surface area (Å²) in [7, 11) is 3.10. The molecule has 0 N–H and O–H groups in total. The van der Waals surface area contributed by atoms with Gasteiger partial charge in [0.15, 0.2) is 0 Å². The van der Waals surface area contributed by atoms with Crippen LogP contribution in [-0.4, -0.2) is 30.9 Å². The molecule has 0 spiro atoms. The molecule has 0 unspecified atom stereocenters. The number of nitrogens with zero attached hydrogens (tertiary/aromatic N) is 1. The Morgan fingerprint density at radius 1 is 1.17 bits per heavy atom. The lowest BCUT2D eigenvalue weighted by molar-refractivity contribution is -0.126. The quantitative estimate of drug-likeness (QED) is 0.843. The molecule has 4 nitrogen and oxygen atoms in total. The van der Waals surface area contributed by atoms with Crippen molar-refractivity contribution in [2.45, 2.75) is 31.7 Å². The van der Waals surface area contributed by atoms with Gasteiger partial charge in [0.1, 0.15) is 5.78 Å². The van der Waals surface area contributed by atoms with Gasteiger partial charge in [-0.05, 0) is 29.2 Å². The third-order valence-electron chi connectivity index (χ3n) is 5.00. The summed E-state index contributed by atoms with van der Waals surface area (Å²) in [4.78, 5) is 26.4. The summed E-state index contributed by atoms with van der Waals surface area (Å²) in [5, 5.41) is 2.20. The van der Waals surface area contributed by atoms with Gasteiger partial charge in [-0.1, -0.05) is 48.9 Å². The second-order valence-corrected chi connectivity index (χ2v) is 6.41. The van der Waals surface area contributed by atoms with Gasteiger partial charge in [-0.2, -0.15) is 0 Å². The number of rotatable bonds is 3. The minimum absolute atomic E-state index is 0.173. The maximum Gasteiger partial charge on any atom is 0.409 e. The van der Waals surface area contributed by atoms with Crippen molar-refractivity contribution >= 4 is 22.6 Å². The lowest BCUT2D eigenvalue weighted by Crippen LogP contribution is -2.39. The second kappa shape index (κ2) is 7.04. The summed E-state index contributed by atoms with van der Waals surface area (Å²) in [6, 6.07) is 13.9. The predicted molar refractivity (Wildman–Crippen MR) is 93.8 cm³/mol. The van der Waals surface area contributed by atoms with Gasteiger partial charge in [0.25, 0.3) is 0 Å². The first-order valence-electron chi connectivity index (χ1n) is 8.44. The van der Waals surface area contributed by atoms with Crippen LogP contribution in [0.15, 0.2) is 42.5 Å². The molecule has 0 aliphatic heterocycles. The van der Waals surface area contributed by atoms with E-state index in [4.69, 9.17) is 4.74 Å². The minimum atomic E-state index is -0.411. The zero-order valence-electron chi connectivity index (χ0n) is 14.2. The van der Waals surface area contributed by atoms with Gasteiger partial charge in [-0.25, -0.2) is 4.79 Å². The highest BCUT2D eigenvalue weighted by Crippen LogP contribution is 2.39. The Kier molecular flexibility index (Phi) is 4.84. The monoisotopic (exact) mass is 325 g/mol. The van der Waals surface area contributed by atoms with Gasteiger partial charge in [0.2, 0.25) is 0 Å². The maximum absolute atomic E-state index is 12.6. The van der Waals surface area contributed by atoms with Crippen LogP contribution in [0.1, 0.15) is 37.3 Å². The topological polar surface area (TPSA) is 46.6 Å². The van der Waals surface area contributed by atoms with Crippen molar-refractivity contribution in [2.24, 2.45) is 5.92 Å². The fourth-order valence-corrected chi connectivity index (χ4v) is 3.81. The van der Waals surface area contributed by atoms with Crippen molar-refractivity contribution in [3.8, 4) is 0 Å². The molecular weight excluding hydrogens is 302 g/mol. The molecule has 1 amide bonds. The number of carbonyl (C=O) groups is 2. The Hall–Kier alpha value is -2.36. The number of ether oxygens (including phenoxy) is 1. The van der Waals surface area contributed by atoms with E-state index in [0.29, 0.717) is 6.42 Å². The summed E-state index contributed by atoms with van der Waals surface area (Å²) in [5.74, 6) is 0.0728. The largest absolute Gasteiger partial charge is 0.453 e. The molecule has 1 fully saturated rings. The van der Waals surface area contributed by atoms with Crippen LogP contribution in [0.2, 0.25) is 0 Å². The molecular formula is C20H23NO3. The van der Waals surface area contributed by atoms with Crippen molar-refractivity contribution < 1.29 is 14.3 Å². The van der Waals surface area contributed by atoms with Gasteiger partial charge in [0.05, 0.1) is 13.2 Å². The van der Waals surface area contributed by atoms with E-state index in [9.17, 15) is 9.59 Å². The van der Waals surface area contributed by atoms with E-state index < -0.39 is 6.09 Å². The van der Waals surface area contributed by atoms with E-state index in [2.05, 4.69) is 18.2 Å². The SMILES string of the molecule is COC(=O)N(C)[C@@H](c1cccc2ccccc12)[C@@H]1CCCCC1=O. The summed E-state index contributed by atoms with van der Waals surface area (Å²) in [5.41, 5.74) is 1.02. The first kappa shape index (κ1) is 16.5. The van der Waals surface area contributed by atoms with E-state index in [0.717, 1.165) is 35.6 Å². The number of hydrogen-bond acceptors (Lipinski definition) is 3. The lowest BCUT2D eigenvalue weighted by atomic mass is 9.78. The summed E-state index contributed by atoms with van der Waals surface area (Å²) < 4.78 is 4.93. The number of methoxy groups -OCH3 is 1. The Bertz CT molecular complexity index is 750. The molecule has 0 saturated heterocycles. The third-order valence-corrected chi connectivity index (χ3v) is 5.00. The summed E-state index contributed by atoms with van der Waals surface area (Å²) in [6.45, 7) is 0. The highest BCUT2D eigenvalue weighted by Gasteiger charge is 2.36. The first-order valence-corrected chi connectivity index (χ1v) is 8.44. The van der Waals surface area contributed by atoms with Crippen molar-refractivity contribution in [1.82, 2.24) is 4.90 Å². The predicted octanol–water partition coefficient (Wildman–Crippen LogP) is 4.34. The van der Waals surface area contributed by atoms with Crippen LogP contribution >= 0.6 is 0 Å². The number of fused-ring (bicyclic) bond motifs is 1. The molecule has 1 saturated carbocycles. The van der Waals surface area contributed by atoms with Crippen LogP contribution in [0, 0.1) is 5.92 Å². The van der Waals surface area contributed by atoms with Crippen molar-refractivity contribution in [1.29, 1.82) is 0 Å². The molecule has 126 valence electrons. The Labute approximate surface area is 142 Å². The number of hydrogen-bond donors (Lipinski definition) is 0. The minimum Gasteiger partial charge on any atom is -0.453 e. The van der Waals surface area contributed by atoms with E-state index >= 15 is 0 Å². The molecule has 0 aromatic heterocycles. The normalized spacial score (nSPS) is 19.1. The highest BCUT2D eigenvalue weighted by atomic mass is 16.5. The smallest absolute Gasteiger partial charge is 0.409 e. The van der Waals surface area contributed by atoms with Gasteiger partial charge in [0, 0.05) is 19.4 Å². The highest BCUT2D eigenvalue weighted by molar-refractivity contribution is 5.89. The van der Waals surface area contributed by atoms with Crippen LogP contribution in [0.25, 0.3) is 10.8 Å². The molecule has 2 aromatic rings. The Morgan fingerprint density at radius 2 is 1.92 bits per heavy atom. The Balaban J connectivity index is 2.12. The number of Topliss-reactive ketones (excluding diaryl/α,β-unsaturated/α-hetero) is 1. The van der Waals surface area contributed by atoms with E-state index in [1.807, 2.05) is 24.3 Å². The standard InChI is InChI=1S/C20H23NO3/c1-21(20(23)24-2)19(17-11-5-6-13-18(17)22)16-12-7-9-14-8-3-4-10-15(14)16/h3-4,7-10,12,17,19H,5-6,11,13H2,1-2H3/t17-,19+/m1/s1. The number of benzene rings is 2. The van der Waals surface area contributed by atoms with Crippen LogP contribution in [0.4, 0.5) is 4.79 Å². The molecule has 3 rings (SSSR count). The number of carbonyl (C=O) groups excluding carboxylic acids is 2. The number of ketones is 1. The number of amides is 1. The van der Waals surface area contributed by atoms with Gasteiger partial charge in [-0.15, -0.1) is 0 Å². The van der Waals surface area contributed by atoms with E-state index in [1.54, 1.807) is 11.9 Å². The summed E-state index contributed by atoms with van der Waals surface area (Å²) in [6.07, 6.45) is 2.97. The fourth-order valence-electron chi connectivity index (χ4n) is 3.81. The fraction of sp³-hybridized carbons (Fsp3) is 0.400. The average molecular weight is 325 g/mol. The van der Waals surface area contributed by atoms with Crippen molar-refractivity contribution in [3.05, 3.63) is 48.0 Å². The molecule has 2 aromatic carbocycles. The molecule has 24 heavy (non-hydrogen) atoms. The molecule has 0 radical (unpaired) electrons. The summed E-state index contributed by atoms with van der Waals surface area (Å²) >= 11 is 0. The van der Waals surface area contributed by atoms with Crippen molar-refractivity contribution in [2.75, 3.05) is 14.2 Å². The zero-order chi connectivity index (χ0) is 17.1. The van der Waals surface area contributed by atoms with E-state index in [1.165, 1.54) is 7.11 Å². The molecule has 1 aliphatic carbocycles. The molecule has 0 bridgehead atoms. The van der Waals surface area contributed by atoms with Crippen molar-refractivity contribution in [3.63, 3.8) is 0 Å². The van der Waals surface area contributed by atoms with E-state index in [-0.39, 0.29) is 17.7 Å². The van der Waals surface area contributed by atoms with Gasteiger partial charge in [-0.3, -0.25) is 4.79 Å². The van der Waals surface area contributed by atoms with Crippen LogP contribution in [0.3, 0.4) is 0 Å². The molecule has 1 aliphatic rings. The van der Waals surface area contributed by atoms with Gasteiger partial charge < -0.3 is 9.64 Å². The zero-order valence-corrected chi connectivity index (χ0v) is 14.2. The molecule has 2 atom stereocenters.